The molecule has 105 heavy (non-hydrogen) atoms. The van der Waals surface area contributed by atoms with E-state index in [-0.39, 0.29) is 55.3 Å². The minimum absolute atomic E-state index is 0. The van der Waals surface area contributed by atoms with Crippen LogP contribution in [0.5, 0.6) is 40.2 Å². The number of aliphatic hydroxyl groups is 3. The zero-order valence-corrected chi connectivity index (χ0v) is 59.6. The van der Waals surface area contributed by atoms with Gasteiger partial charge in [0.25, 0.3) is 11.8 Å². The summed E-state index contributed by atoms with van der Waals surface area (Å²) in [5.41, 5.74) is 26.9. The molecular formula is C80H105ClN5O19-. The Balaban J connectivity index is 0.000000729. The van der Waals surface area contributed by atoms with E-state index in [1.54, 1.807) is 85.0 Å². The first-order valence-corrected chi connectivity index (χ1v) is 32.6. The number of carboxylic acid groups (broad SMARTS) is 1. The van der Waals surface area contributed by atoms with E-state index in [9.17, 15) is 39.7 Å². The first-order valence-electron chi connectivity index (χ1n) is 32.2. The van der Waals surface area contributed by atoms with Gasteiger partial charge in [-0.2, -0.15) is 0 Å². The van der Waals surface area contributed by atoms with Gasteiger partial charge in [0, 0.05) is 62.0 Å². The highest BCUT2D eigenvalue weighted by molar-refractivity contribution is 6.30. The Kier molecular flexibility index (Phi) is 44.3. The number of aliphatic hydroxyl groups excluding tert-OH is 3. The first-order chi connectivity index (χ1) is 49.0. The fourth-order valence-electron chi connectivity index (χ4n) is 9.43. The minimum Gasteiger partial charge on any atom is -0.759 e. The van der Waals surface area contributed by atoms with Crippen molar-refractivity contribution in [2.75, 3.05) is 34.5 Å². The third-order valence-corrected chi connectivity index (χ3v) is 15.1. The number of hydroxylamine groups is 3. The average Bonchev–Trinajstić information content (AvgIpc) is 1.72. The van der Waals surface area contributed by atoms with Gasteiger partial charge in [0.15, 0.2) is 22.8 Å². The van der Waals surface area contributed by atoms with Crippen molar-refractivity contribution in [3.63, 3.8) is 0 Å². The van der Waals surface area contributed by atoms with Gasteiger partial charge < -0.3 is 80.2 Å². The van der Waals surface area contributed by atoms with Gasteiger partial charge in [-0.25, -0.2) is 11.0 Å². The molecule has 1 aromatic heterocycles. The number of rotatable bonds is 33. The fraction of sp³-hybridized carbons (Fsp3) is 0.325. The number of carbonyl (C=O) groups excluding carboxylic acids is 3. The van der Waals surface area contributed by atoms with Crippen LogP contribution < -0.4 is 61.1 Å². The highest BCUT2D eigenvalue weighted by atomic mass is 35.5. The number of methoxy groups -OCH3 is 3. The Morgan fingerprint density at radius 3 is 1.49 bits per heavy atom. The lowest BCUT2D eigenvalue weighted by molar-refractivity contribution is -0.138. The molecule has 0 radical (unpaired) electrons. The molecule has 1 heterocycles. The molecule has 0 saturated heterocycles. The number of carboxylic acids is 1. The predicted octanol–water partition coefficient (Wildman–Crippen LogP) is 14.2. The Morgan fingerprint density at radius 1 is 0.552 bits per heavy atom. The van der Waals surface area contributed by atoms with Gasteiger partial charge in [0.05, 0.1) is 47.4 Å². The largest absolute Gasteiger partial charge is 0.759 e. The fourth-order valence-corrected chi connectivity index (χ4v) is 9.55. The topological polar surface area (TPSA) is 379 Å². The van der Waals surface area contributed by atoms with E-state index in [0.717, 1.165) is 80.2 Å². The van der Waals surface area contributed by atoms with E-state index >= 15 is 0 Å². The van der Waals surface area contributed by atoms with Gasteiger partial charge >= 0.3 is 5.97 Å². The summed E-state index contributed by atoms with van der Waals surface area (Å²) in [4.78, 5) is 44.5. The molecule has 6 aromatic carbocycles. The summed E-state index contributed by atoms with van der Waals surface area (Å²) in [6.45, 7) is 13.0. The summed E-state index contributed by atoms with van der Waals surface area (Å²) >= 11 is 5.95. The SMILES string of the molecule is C.C.C.CC(C)=CCOc1c(OCc2ccc(Cl)cc2)c(/C=C\C(=O)NO)cc2ccoc12.COc1cc(COc2c(/C=C/C(=O)NO)ccc(CO)c2CC=C(C)C)cc(CO)c1OC.COc1ccc(COc2c(/C=C/C(=O)N[O-])ccc(CO)c2CC=C(C)C)cc1.NCCCCC(N)C(=O)O. The molecule has 3 amide bonds. The van der Waals surface area contributed by atoms with Crippen LogP contribution in [0.1, 0.15) is 144 Å². The Bertz CT molecular complexity index is 3990. The van der Waals surface area contributed by atoms with Gasteiger partial charge in [-0.3, -0.25) is 29.6 Å². The molecule has 1 atom stereocenters. The van der Waals surface area contributed by atoms with Crippen LogP contribution in [0.15, 0.2) is 161 Å². The van der Waals surface area contributed by atoms with Gasteiger partial charge in [0.1, 0.15) is 49.7 Å². The molecule has 0 spiro atoms. The lowest BCUT2D eigenvalue weighted by Gasteiger charge is -2.18. The first kappa shape index (κ1) is 92.8. The number of halogens is 1. The molecule has 0 aliphatic rings. The zero-order valence-electron chi connectivity index (χ0n) is 58.8. The molecule has 0 aliphatic heterocycles. The number of carbonyl (C=O) groups is 4. The maximum Gasteiger partial charge on any atom is 0.320 e. The molecule has 7 aromatic rings. The predicted molar refractivity (Wildman–Crippen MR) is 412 cm³/mol. The summed E-state index contributed by atoms with van der Waals surface area (Å²) in [6, 6.07) is 28.3. The quantitative estimate of drug-likeness (QED) is 0.00598. The van der Waals surface area contributed by atoms with E-state index in [2.05, 4.69) is 0 Å². The maximum atomic E-state index is 11.5. The van der Waals surface area contributed by atoms with E-state index < -0.39 is 29.7 Å². The number of ether oxygens (including phenoxy) is 7. The van der Waals surface area contributed by atoms with E-state index in [1.165, 1.54) is 44.0 Å². The van der Waals surface area contributed by atoms with Crippen LogP contribution in [0.25, 0.3) is 29.2 Å². The molecule has 24 nitrogen and oxygen atoms in total. The number of hydrogen-bond acceptors (Lipinski definition) is 20. The molecule has 0 saturated carbocycles. The number of fused-ring (bicyclic) bond motifs is 1. The number of allylic oxidation sites excluding steroid dienone is 5. The third kappa shape index (κ3) is 31.3. The summed E-state index contributed by atoms with van der Waals surface area (Å²) in [5, 5.41) is 67.2. The van der Waals surface area contributed by atoms with Crippen molar-refractivity contribution in [2.45, 2.75) is 142 Å². The molecule has 1 unspecified atom stereocenters. The second kappa shape index (κ2) is 50.2. The lowest BCUT2D eigenvalue weighted by Crippen LogP contribution is -2.29. The Labute approximate surface area is 621 Å². The average molecular weight is 1480 g/mol. The summed E-state index contributed by atoms with van der Waals surface area (Å²) in [6.07, 6.45) is 19.0. The number of hydrogen-bond donors (Lipinski definition) is 11. The number of benzene rings is 6. The second-order valence-electron chi connectivity index (χ2n) is 23.2. The van der Waals surface area contributed by atoms with E-state index in [0.29, 0.717) is 112 Å². The molecule has 572 valence electrons. The number of nitrogens with one attached hydrogen (secondary N) is 3. The summed E-state index contributed by atoms with van der Waals surface area (Å²) in [7, 11) is 4.63. The summed E-state index contributed by atoms with van der Waals surface area (Å²) < 4.78 is 46.0. The second-order valence-corrected chi connectivity index (χ2v) is 23.7. The molecule has 25 heteroatoms. The number of amides is 3. The monoisotopic (exact) mass is 1470 g/mol. The van der Waals surface area contributed by atoms with E-state index in [4.69, 9.17) is 76.2 Å². The molecule has 0 bridgehead atoms. The molecule has 7 rings (SSSR count). The van der Waals surface area contributed by atoms with Gasteiger partial charge in [-0.05, 0) is 174 Å². The highest BCUT2D eigenvalue weighted by Crippen LogP contribution is 2.42. The van der Waals surface area contributed by atoms with Crippen molar-refractivity contribution < 1.29 is 87.6 Å². The van der Waals surface area contributed by atoms with Crippen molar-refractivity contribution in [1.29, 1.82) is 0 Å². The highest BCUT2D eigenvalue weighted by Gasteiger charge is 2.21. The van der Waals surface area contributed by atoms with Crippen molar-refractivity contribution >= 4 is 64.5 Å². The van der Waals surface area contributed by atoms with Crippen molar-refractivity contribution in [3.8, 4) is 40.2 Å². The smallest absolute Gasteiger partial charge is 0.320 e. The van der Waals surface area contributed by atoms with Crippen molar-refractivity contribution in [2.24, 2.45) is 11.5 Å². The standard InChI is InChI=1S/C25H31NO7.C23H22ClNO5.C23H26NO5.C6H14N2O2.3CH4/c1-16(2)5-9-21-19(13-27)7-6-18(8-10-23(29)26-30)24(21)33-15-17-11-20(14-28)25(32-4)22(12-17)31-3;1-15(2)9-11-29-23-21-18(10-12-28-21)13-17(5-8-20(26)25-27)22(23)30-14-16-3-6-19(24)7-4-16;1-16(2)4-12-21-19(14-25)8-7-18(9-13-22(26)24-27)23(21)29-15-17-5-10-20(28-3)11-6-17;7-4-2-1-3-5(8)6(9)10;;;/h5-8,10-12,27-28,30H,9,13-15H2,1-4H3,(H,26,29);3-10,12-13,27H,11,14H2,1-2H3,(H,25,26);4-11,13,25H,12,14-15H2,1-3H3,(H-,24,26,27);5H,1-4,7-8H2,(H,9,10);3*1H4/q;;-1;;;;/b10-8+;8-5-;13-9+;;;;. The van der Waals surface area contributed by atoms with Crippen LogP contribution in [0.3, 0.4) is 0 Å². The van der Waals surface area contributed by atoms with E-state index in [1.807, 2.05) is 102 Å². The number of nitrogens with two attached hydrogens (primary N) is 2. The van der Waals surface area contributed by atoms with Gasteiger partial charge in [0.2, 0.25) is 11.7 Å². The number of unbranched alkanes of at least 4 members (excludes halogenated alkanes) is 1. The van der Waals surface area contributed by atoms with Crippen LogP contribution in [0.2, 0.25) is 5.02 Å². The van der Waals surface area contributed by atoms with Gasteiger partial charge in [-0.15, -0.1) is 0 Å². The molecule has 0 aliphatic carbocycles. The number of furan rings is 1. The lowest BCUT2D eigenvalue weighted by atomic mass is 9.98. The normalized spacial score (nSPS) is 10.7. The maximum absolute atomic E-state index is 11.5. The molecular weight excluding hydrogens is 1370 g/mol. The van der Waals surface area contributed by atoms with Gasteiger partial charge in [-0.1, -0.05) is 118 Å². The van der Waals surface area contributed by atoms with Crippen LogP contribution in [0, 0.1) is 5.21 Å². The third-order valence-electron chi connectivity index (χ3n) is 14.8. The van der Waals surface area contributed by atoms with Crippen LogP contribution >= 0.6 is 11.6 Å². The summed E-state index contributed by atoms with van der Waals surface area (Å²) in [5.74, 6) is 0.604. The Morgan fingerprint density at radius 2 is 1.04 bits per heavy atom. The Hall–Kier alpha value is -10.2. The number of aliphatic carboxylic acids is 1. The van der Waals surface area contributed by atoms with Crippen molar-refractivity contribution in [1.82, 2.24) is 16.4 Å². The molecule has 13 N–H and O–H groups in total. The van der Waals surface area contributed by atoms with Crippen LogP contribution in [-0.4, -0.2) is 95.1 Å². The molecule has 0 fully saturated rings. The zero-order chi connectivity index (χ0) is 75.1. The van der Waals surface area contributed by atoms with Crippen molar-refractivity contribution in [3.05, 3.63) is 228 Å². The van der Waals surface area contributed by atoms with Crippen LogP contribution in [0.4, 0.5) is 0 Å². The minimum atomic E-state index is -0.933. The van der Waals surface area contributed by atoms with Crippen LogP contribution in [-0.2, 0) is 71.7 Å².